The number of fused-ring (bicyclic) bond motifs is 3. The van der Waals surface area contributed by atoms with Gasteiger partial charge in [-0.05, 0) is 56.7 Å². The van der Waals surface area contributed by atoms with Crippen molar-refractivity contribution >= 4 is 33.7 Å². The number of hydrazone groups is 1. The third kappa shape index (κ3) is 4.25. The molecule has 2 heterocycles. The molecule has 0 unspecified atom stereocenters. The Kier molecular flexibility index (Phi) is 6.18. The first-order chi connectivity index (χ1) is 15.0. The fraction of sp³-hybridized carbons (Fsp3) is 0.391. The molecule has 0 spiro atoms. The number of aromatic nitrogens is 2. The van der Waals surface area contributed by atoms with E-state index in [1.807, 2.05) is 31.2 Å². The number of carbonyl (C=O) groups excluding carboxylic acids is 1. The average molecular weight is 439 g/mol. The molecule has 0 bridgehead atoms. The van der Waals surface area contributed by atoms with Gasteiger partial charge in [-0.15, -0.1) is 11.3 Å². The summed E-state index contributed by atoms with van der Waals surface area (Å²) in [7, 11) is 0. The van der Waals surface area contributed by atoms with Crippen molar-refractivity contribution in [3.05, 3.63) is 57.0 Å². The summed E-state index contributed by atoms with van der Waals surface area (Å²) in [5.74, 6) is 0.933. The van der Waals surface area contributed by atoms with Gasteiger partial charge in [0.05, 0.1) is 24.5 Å². The lowest BCUT2D eigenvalue weighted by Gasteiger charge is -2.18. The number of nitrogens with zero attached hydrogens (tertiary/aromatic N) is 3. The number of ether oxygens (including phenoxy) is 1. The Hall–Kier alpha value is -3.00. The Labute approximate surface area is 184 Å². The van der Waals surface area contributed by atoms with Crippen LogP contribution in [0.2, 0.25) is 0 Å². The van der Waals surface area contributed by atoms with Crippen LogP contribution in [0.4, 0.5) is 0 Å². The van der Waals surface area contributed by atoms with Crippen LogP contribution in [0, 0.1) is 5.92 Å². The highest BCUT2D eigenvalue weighted by molar-refractivity contribution is 7.18. The van der Waals surface area contributed by atoms with Crippen molar-refractivity contribution in [1.82, 2.24) is 15.0 Å². The van der Waals surface area contributed by atoms with Gasteiger partial charge in [-0.3, -0.25) is 14.2 Å². The van der Waals surface area contributed by atoms with Gasteiger partial charge in [0.15, 0.2) is 0 Å². The molecule has 162 valence electrons. The zero-order chi connectivity index (χ0) is 22.0. The molecule has 4 rings (SSSR count). The van der Waals surface area contributed by atoms with E-state index in [0.29, 0.717) is 23.7 Å². The van der Waals surface area contributed by atoms with E-state index in [1.54, 1.807) is 18.3 Å². The molecule has 8 heteroatoms. The molecule has 3 aromatic rings. The lowest BCUT2D eigenvalue weighted by atomic mass is 9.89. The minimum atomic E-state index is -0.734. The smallest absolute Gasteiger partial charge is 0.263 e. The van der Waals surface area contributed by atoms with Crippen molar-refractivity contribution in [2.75, 3.05) is 6.61 Å². The molecular weight excluding hydrogens is 412 g/mol. The quantitative estimate of drug-likeness (QED) is 0.470. The van der Waals surface area contributed by atoms with Gasteiger partial charge >= 0.3 is 0 Å². The molecule has 1 amide bonds. The number of rotatable bonds is 6. The van der Waals surface area contributed by atoms with Gasteiger partial charge < -0.3 is 4.74 Å². The molecule has 2 atom stereocenters. The van der Waals surface area contributed by atoms with Crippen molar-refractivity contribution in [1.29, 1.82) is 0 Å². The zero-order valence-corrected chi connectivity index (χ0v) is 18.7. The van der Waals surface area contributed by atoms with E-state index in [2.05, 4.69) is 22.4 Å². The summed E-state index contributed by atoms with van der Waals surface area (Å²) in [6.07, 6.45) is 5.96. The second kappa shape index (κ2) is 9.01. The second-order valence-corrected chi connectivity index (χ2v) is 8.95. The van der Waals surface area contributed by atoms with Gasteiger partial charge in [0, 0.05) is 10.4 Å². The first kappa shape index (κ1) is 21.2. The molecule has 0 saturated heterocycles. The standard InChI is InChI=1S/C23H26N4O3S/c1-4-30-18-8-6-5-7-16(18)12-25-26-21(28)15(3)27-13-24-22-20(23(27)29)17-10-9-14(2)11-19(17)31-22/h5-8,12-15H,4,9-11H2,1-3H3,(H,26,28)/b25-12+/t14-,15-/m0/s1. The molecular formula is C23H26N4O3S. The summed E-state index contributed by atoms with van der Waals surface area (Å²) in [6, 6.07) is 6.71. The van der Waals surface area contributed by atoms with Crippen LogP contribution in [-0.2, 0) is 17.6 Å². The second-order valence-electron chi connectivity index (χ2n) is 7.87. The van der Waals surface area contributed by atoms with Crippen LogP contribution in [-0.4, -0.2) is 28.3 Å². The number of nitrogens with one attached hydrogen (secondary N) is 1. The van der Waals surface area contributed by atoms with Crippen LogP contribution in [0.3, 0.4) is 0 Å². The predicted octanol–water partition coefficient (Wildman–Crippen LogP) is 3.69. The van der Waals surface area contributed by atoms with E-state index in [0.717, 1.165) is 35.2 Å². The Morgan fingerprint density at radius 2 is 2.26 bits per heavy atom. The molecule has 31 heavy (non-hydrogen) atoms. The Morgan fingerprint density at radius 1 is 1.45 bits per heavy atom. The van der Waals surface area contributed by atoms with Crippen LogP contribution in [0.25, 0.3) is 10.2 Å². The monoisotopic (exact) mass is 438 g/mol. The van der Waals surface area contributed by atoms with Crippen LogP contribution in [0.5, 0.6) is 5.75 Å². The van der Waals surface area contributed by atoms with E-state index >= 15 is 0 Å². The molecule has 0 radical (unpaired) electrons. The topological polar surface area (TPSA) is 85.6 Å². The van der Waals surface area contributed by atoms with E-state index < -0.39 is 6.04 Å². The maximum absolute atomic E-state index is 13.2. The molecule has 1 aliphatic carbocycles. The number of aryl methyl sites for hydroxylation is 1. The third-order valence-corrected chi connectivity index (χ3v) is 6.80. The summed E-state index contributed by atoms with van der Waals surface area (Å²) >= 11 is 1.60. The number of hydrogen-bond acceptors (Lipinski definition) is 6. The SMILES string of the molecule is CCOc1ccccc1/C=N/NC(=O)[C@H](C)n1cnc2sc3c(c2c1=O)CC[C@H](C)C3. The number of thiophene rings is 1. The predicted molar refractivity (Wildman–Crippen MR) is 123 cm³/mol. The van der Waals surface area contributed by atoms with Crippen molar-refractivity contribution in [2.24, 2.45) is 11.0 Å². The summed E-state index contributed by atoms with van der Waals surface area (Å²) in [5, 5.41) is 4.72. The first-order valence-corrected chi connectivity index (χ1v) is 11.4. The number of para-hydroxylation sites is 1. The highest BCUT2D eigenvalue weighted by Gasteiger charge is 2.25. The van der Waals surface area contributed by atoms with Crippen molar-refractivity contribution < 1.29 is 9.53 Å². The van der Waals surface area contributed by atoms with Crippen LogP contribution in [0.1, 0.15) is 49.2 Å². The third-order valence-electron chi connectivity index (χ3n) is 5.63. The van der Waals surface area contributed by atoms with E-state index in [9.17, 15) is 9.59 Å². The van der Waals surface area contributed by atoms with Crippen molar-refractivity contribution in [2.45, 2.75) is 46.1 Å². The fourth-order valence-corrected chi connectivity index (χ4v) is 5.22. The maximum atomic E-state index is 13.2. The van der Waals surface area contributed by atoms with Gasteiger partial charge in [0.1, 0.15) is 16.6 Å². The summed E-state index contributed by atoms with van der Waals surface area (Å²) in [5.41, 5.74) is 4.24. The lowest BCUT2D eigenvalue weighted by molar-refractivity contribution is -0.123. The van der Waals surface area contributed by atoms with E-state index in [1.165, 1.54) is 22.0 Å². The summed E-state index contributed by atoms with van der Waals surface area (Å²) < 4.78 is 6.95. The Morgan fingerprint density at radius 3 is 3.06 bits per heavy atom. The summed E-state index contributed by atoms with van der Waals surface area (Å²) in [4.78, 5) is 32.4. The normalized spacial score (nSPS) is 16.9. The molecule has 0 fully saturated rings. The van der Waals surface area contributed by atoms with Gasteiger partial charge in [-0.1, -0.05) is 19.1 Å². The molecule has 1 aliphatic rings. The van der Waals surface area contributed by atoms with Gasteiger partial charge in [0.25, 0.3) is 11.5 Å². The number of benzene rings is 1. The summed E-state index contributed by atoms with van der Waals surface area (Å²) in [6.45, 7) is 6.36. The molecule has 1 N–H and O–H groups in total. The van der Waals surface area contributed by atoms with Gasteiger partial charge in [-0.2, -0.15) is 5.10 Å². The van der Waals surface area contributed by atoms with Crippen LogP contribution >= 0.6 is 11.3 Å². The molecule has 7 nitrogen and oxygen atoms in total. The number of amides is 1. The van der Waals surface area contributed by atoms with Crippen LogP contribution in [0.15, 0.2) is 40.5 Å². The Bertz CT molecular complexity index is 1200. The lowest BCUT2D eigenvalue weighted by Crippen LogP contribution is -2.34. The van der Waals surface area contributed by atoms with Gasteiger partial charge in [-0.25, -0.2) is 10.4 Å². The van der Waals surface area contributed by atoms with Gasteiger partial charge in [0.2, 0.25) is 0 Å². The fourth-order valence-electron chi connectivity index (χ4n) is 3.88. The molecule has 1 aromatic carbocycles. The highest BCUT2D eigenvalue weighted by atomic mass is 32.1. The average Bonchev–Trinajstić information content (AvgIpc) is 3.13. The van der Waals surface area contributed by atoms with E-state index in [-0.39, 0.29) is 11.5 Å². The zero-order valence-electron chi connectivity index (χ0n) is 17.9. The number of hydrogen-bond donors (Lipinski definition) is 1. The van der Waals surface area contributed by atoms with Crippen molar-refractivity contribution in [3.63, 3.8) is 0 Å². The minimum absolute atomic E-state index is 0.162. The minimum Gasteiger partial charge on any atom is -0.493 e. The maximum Gasteiger partial charge on any atom is 0.263 e. The Balaban J connectivity index is 1.54. The molecule has 0 saturated carbocycles. The van der Waals surface area contributed by atoms with E-state index in [4.69, 9.17) is 4.74 Å². The molecule has 2 aromatic heterocycles. The highest BCUT2D eigenvalue weighted by Crippen LogP contribution is 2.35. The number of carbonyl (C=O) groups is 1. The largest absolute Gasteiger partial charge is 0.493 e. The first-order valence-electron chi connectivity index (χ1n) is 10.6. The van der Waals surface area contributed by atoms with Crippen molar-refractivity contribution in [3.8, 4) is 5.75 Å². The molecule has 0 aliphatic heterocycles. The van der Waals surface area contributed by atoms with Crippen LogP contribution < -0.4 is 15.7 Å².